The predicted molar refractivity (Wildman–Crippen MR) is 92.0 cm³/mol. The zero-order valence-corrected chi connectivity index (χ0v) is 15.4. The minimum absolute atomic E-state index is 0.106. The van der Waals surface area contributed by atoms with Gasteiger partial charge in [0.2, 0.25) is 15.9 Å². The lowest BCUT2D eigenvalue weighted by Gasteiger charge is -2.38. The number of likely N-dealkylation sites (tertiary alicyclic amines) is 1. The molecular weight excluding hydrogens is 328 g/mol. The molecule has 2 aliphatic heterocycles. The highest BCUT2D eigenvalue weighted by atomic mass is 32.2. The van der Waals surface area contributed by atoms with Crippen LogP contribution in [-0.4, -0.2) is 68.2 Å². The molecule has 0 aromatic rings. The number of morpholine rings is 1. The molecule has 0 saturated carbocycles. The van der Waals surface area contributed by atoms with E-state index in [0.29, 0.717) is 39.1 Å². The van der Waals surface area contributed by atoms with Gasteiger partial charge in [-0.25, -0.2) is 8.42 Å². The Kier molecular flexibility index (Phi) is 5.04. The van der Waals surface area contributed by atoms with Crippen molar-refractivity contribution in [3.8, 4) is 0 Å². The van der Waals surface area contributed by atoms with E-state index in [1.165, 1.54) is 6.26 Å². The van der Waals surface area contributed by atoms with Crippen molar-refractivity contribution >= 4 is 15.9 Å². The number of fused-ring (bicyclic) bond motifs is 1. The Balaban J connectivity index is 1.72. The number of ether oxygens (including phenoxy) is 1. The molecule has 2 saturated heterocycles. The molecule has 3 atom stereocenters. The van der Waals surface area contributed by atoms with Gasteiger partial charge in [0.25, 0.3) is 0 Å². The first-order valence-corrected chi connectivity index (χ1v) is 10.7. The van der Waals surface area contributed by atoms with Crippen LogP contribution in [0.3, 0.4) is 0 Å². The fourth-order valence-electron chi connectivity index (χ4n) is 4.20. The third kappa shape index (κ3) is 3.53. The maximum Gasteiger partial charge on any atom is 0.228 e. The number of rotatable bonds is 2. The Morgan fingerprint density at radius 3 is 2.62 bits per heavy atom. The third-order valence-corrected chi connectivity index (χ3v) is 6.95. The average Bonchev–Trinajstić information content (AvgIpc) is 2.76. The fraction of sp³-hybridized carbons (Fsp3) is 0.824. The maximum atomic E-state index is 13.0. The molecule has 1 aliphatic carbocycles. The average molecular weight is 356 g/mol. The van der Waals surface area contributed by atoms with Crippen molar-refractivity contribution in [3.05, 3.63) is 12.2 Å². The van der Waals surface area contributed by atoms with Crippen LogP contribution in [0.1, 0.15) is 39.0 Å². The van der Waals surface area contributed by atoms with E-state index >= 15 is 0 Å². The first kappa shape index (κ1) is 17.9. The molecule has 7 heteroatoms. The molecule has 0 spiro atoms. The molecule has 1 amide bonds. The molecule has 3 rings (SSSR count). The van der Waals surface area contributed by atoms with Crippen molar-refractivity contribution in [2.75, 3.05) is 32.5 Å². The van der Waals surface area contributed by atoms with Crippen LogP contribution in [0.5, 0.6) is 0 Å². The van der Waals surface area contributed by atoms with Gasteiger partial charge in [-0.2, -0.15) is 4.31 Å². The second-order valence-electron chi connectivity index (χ2n) is 7.49. The molecule has 0 bridgehead atoms. The molecule has 6 nitrogen and oxygen atoms in total. The van der Waals surface area contributed by atoms with Crippen LogP contribution in [0.4, 0.5) is 0 Å². The van der Waals surface area contributed by atoms with E-state index in [9.17, 15) is 13.2 Å². The lowest BCUT2D eigenvalue weighted by atomic mass is 9.77. The van der Waals surface area contributed by atoms with E-state index in [1.807, 2.05) is 4.90 Å². The minimum atomic E-state index is -3.24. The molecule has 0 aromatic carbocycles. The number of carbonyl (C=O) groups excluding carboxylic acids is 1. The highest BCUT2D eigenvalue weighted by molar-refractivity contribution is 7.88. The molecule has 1 unspecified atom stereocenters. The van der Waals surface area contributed by atoms with E-state index in [1.54, 1.807) is 4.31 Å². The molecule has 3 aliphatic rings. The summed E-state index contributed by atoms with van der Waals surface area (Å²) in [6, 6.07) is -0.148. The van der Waals surface area contributed by atoms with Crippen LogP contribution in [0.15, 0.2) is 12.2 Å². The van der Waals surface area contributed by atoms with Gasteiger partial charge in [0.15, 0.2) is 0 Å². The Hall–Kier alpha value is -0.920. The molecule has 2 heterocycles. The van der Waals surface area contributed by atoms with Crippen molar-refractivity contribution in [3.63, 3.8) is 0 Å². The Morgan fingerprint density at radius 2 is 1.96 bits per heavy atom. The van der Waals surface area contributed by atoms with Gasteiger partial charge in [-0.05, 0) is 32.1 Å². The predicted octanol–water partition coefficient (Wildman–Crippen LogP) is 1.38. The van der Waals surface area contributed by atoms with Crippen LogP contribution >= 0.6 is 0 Å². The summed E-state index contributed by atoms with van der Waals surface area (Å²) in [5.74, 6) is 0.205. The van der Waals surface area contributed by atoms with Crippen LogP contribution < -0.4 is 0 Å². The van der Waals surface area contributed by atoms with Gasteiger partial charge in [-0.15, -0.1) is 0 Å². The van der Waals surface area contributed by atoms with Crippen molar-refractivity contribution in [1.29, 1.82) is 0 Å². The molecule has 0 radical (unpaired) electrons. The van der Waals surface area contributed by atoms with Crippen molar-refractivity contribution in [2.45, 2.75) is 51.2 Å². The highest BCUT2D eigenvalue weighted by Gasteiger charge is 2.42. The Bertz CT molecular complexity index is 618. The van der Waals surface area contributed by atoms with E-state index in [0.717, 1.165) is 19.3 Å². The van der Waals surface area contributed by atoms with Gasteiger partial charge < -0.3 is 9.64 Å². The molecule has 0 N–H and O–H groups in total. The molecule has 136 valence electrons. The summed E-state index contributed by atoms with van der Waals surface area (Å²) in [5, 5.41) is 0. The summed E-state index contributed by atoms with van der Waals surface area (Å²) in [7, 11) is -3.24. The first-order chi connectivity index (χ1) is 11.3. The Labute approximate surface area is 144 Å². The smallest absolute Gasteiger partial charge is 0.228 e. The molecule has 0 aromatic heterocycles. The summed E-state index contributed by atoms with van der Waals surface area (Å²) < 4.78 is 31.5. The van der Waals surface area contributed by atoms with Gasteiger partial charge in [0.1, 0.15) is 0 Å². The molecule has 24 heavy (non-hydrogen) atoms. The maximum absolute atomic E-state index is 13.0. The SMILES string of the molecule is CC1(C(=O)N2CC[C@@H]3[C@@H](CC2)OCCN3S(C)(=O)=O)CC=CCC1. The van der Waals surface area contributed by atoms with E-state index in [-0.39, 0.29) is 23.5 Å². The zero-order chi connectivity index (χ0) is 17.4. The fourth-order valence-corrected chi connectivity index (χ4v) is 5.34. The topological polar surface area (TPSA) is 66.9 Å². The van der Waals surface area contributed by atoms with Crippen LogP contribution in [0, 0.1) is 5.41 Å². The number of nitrogens with zero attached hydrogens (tertiary/aromatic N) is 2. The number of hydrogen-bond donors (Lipinski definition) is 0. The second-order valence-corrected chi connectivity index (χ2v) is 9.43. The molecular formula is C17H28N2O4S. The monoisotopic (exact) mass is 356 g/mol. The number of sulfonamides is 1. The lowest BCUT2D eigenvalue weighted by molar-refractivity contribution is -0.141. The van der Waals surface area contributed by atoms with Crippen LogP contribution in [-0.2, 0) is 19.6 Å². The summed E-state index contributed by atoms with van der Waals surface area (Å²) in [6.45, 7) is 4.16. The Morgan fingerprint density at radius 1 is 1.21 bits per heavy atom. The minimum Gasteiger partial charge on any atom is -0.375 e. The quantitative estimate of drug-likeness (QED) is 0.701. The lowest BCUT2D eigenvalue weighted by Crippen LogP contribution is -2.53. The van der Waals surface area contributed by atoms with Gasteiger partial charge in [-0.3, -0.25) is 4.79 Å². The van der Waals surface area contributed by atoms with Gasteiger partial charge in [0.05, 0.1) is 30.4 Å². The first-order valence-electron chi connectivity index (χ1n) is 8.84. The zero-order valence-electron chi connectivity index (χ0n) is 14.6. The van der Waals surface area contributed by atoms with Crippen molar-refractivity contribution in [1.82, 2.24) is 9.21 Å². The standard InChI is InChI=1S/C17H28N2O4S/c1-17(8-4-3-5-9-17)16(20)18-10-6-14-15(7-11-18)23-13-12-19(14)24(2,21)22/h3-4,14-15H,5-13H2,1-2H3/t14-,15-,17?/m1/s1. The number of amides is 1. The van der Waals surface area contributed by atoms with E-state index < -0.39 is 10.0 Å². The number of hydrogen-bond acceptors (Lipinski definition) is 4. The third-order valence-electron chi connectivity index (χ3n) is 5.65. The summed E-state index contributed by atoms with van der Waals surface area (Å²) in [6.07, 6.45) is 9.38. The highest BCUT2D eigenvalue weighted by Crippen LogP contribution is 2.35. The van der Waals surface area contributed by atoms with Crippen molar-refractivity contribution < 1.29 is 17.9 Å². The number of allylic oxidation sites excluding steroid dienone is 2. The van der Waals surface area contributed by atoms with Gasteiger partial charge >= 0.3 is 0 Å². The van der Waals surface area contributed by atoms with Crippen LogP contribution in [0.25, 0.3) is 0 Å². The largest absolute Gasteiger partial charge is 0.375 e. The van der Waals surface area contributed by atoms with E-state index in [2.05, 4.69) is 19.1 Å². The van der Waals surface area contributed by atoms with Gasteiger partial charge in [0, 0.05) is 19.6 Å². The summed E-state index contributed by atoms with van der Waals surface area (Å²) in [5.41, 5.74) is -0.318. The normalized spacial score (nSPS) is 35.3. The van der Waals surface area contributed by atoms with Crippen LogP contribution in [0.2, 0.25) is 0 Å². The van der Waals surface area contributed by atoms with E-state index in [4.69, 9.17) is 4.74 Å². The summed E-state index contributed by atoms with van der Waals surface area (Å²) >= 11 is 0. The number of carbonyl (C=O) groups is 1. The van der Waals surface area contributed by atoms with Crippen molar-refractivity contribution in [2.24, 2.45) is 5.41 Å². The second kappa shape index (κ2) is 6.77. The summed E-state index contributed by atoms with van der Waals surface area (Å²) in [4.78, 5) is 15.0. The van der Waals surface area contributed by atoms with Gasteiger partial charge in [-0.1, -0.05) is 19.1 Å². The molecule has 2 fully saturated rings.